The van der Waals surface area contributed by atoms with Crippen molar-refractivity contribution in [3.8, 4) is 0 Å². The predicted octanol–water partition coefficient (Wildman–Crippen LogP) is 4.23. The number of amides is 1. The van der Waals surface area contributed by atoms with E-state index < -0.39 is 11.0 Å². The number of nitro groups is 1. The number of hydrogen-bond donors (Lipinski definition) is 0. The van der Waals surface area contributed by atoms with Crippen molar-refractivity contribution in [2.45, 2.75) is 53.0 Å². The number of carbonyl (C=O) groups is 1. The monoisotopic (exact) mass is 386 g/mol. The van der Waals surface area contributed by atoms with E-state index in [0.29, 0.717) is 5.92 Å². The van der Waals surface area contributed by atoms with E-state index >= 15 is 0 Å². The summed E-state index contributed by atoms with van der Waals surface area (Å²) in [5, 5.41) is 11.0. The lowest BCUT2D eigenvalue weighted by Crippen LogP contribution is -2.42. The first kappa shape index (κ1) is 21.6. The molecule has 1 atom stereocenters. The number of aryl methyl sites for hydroxylation is 1. The molecule has 1 saturated heterocycles. The second-order valence-electron chi connectivity index (χ2n) is 6.94. The number of hydrogen-bond acceptors (Lipinski definition) is 4. The van der Waals surface area contributed by atoms with Gasteiger partial charge in [0.1, 0.15) is 12.2 Å². The van der Waals surface area contributed by atoms with Crippen molar-refractivity contribution in [3.63, 3.8) is 0 Å². The summed E-state index contributed by atoms with van der Waals surface area (Å²) in [6.07, 6.45) is 5.60. The van der Waals surface area contributed by atoms with Crippen LogP contribution in [0.3, 0.4) is 0 Å². The molecule has 1 aliphatic heterocycles. The van der Waals surface area contributed by atoms with Crippen molar-refractivity contribution in [2.75, 3.05) is 13.1 Å². The van der Waals surface area contributed by atoms with E-state index in [1.807, 2.05) is 43.0 Å². The van der Waals surface area contributed by atoms with Crippen LogP contribution in [0, 0.1) is 16.0 Å². The number of benzene rings is 1. The van der Waals surface area contributed by atoms with Crippen LogP contribution in [-0.2, 0) is 11.2 Å². The molecule has 3 rings (SSSR count). The van der Waals surface area contributed by atoms with Crippen LogP contribution in [0.1, 0.15) is 57.7 Å². The summed E-state index contributed by atoms with van der Waals surface area (Å²) in [4.78, 5) is 29.4. The zero-order valence-corrected chi connectivity index (χ0v) is 17.2. The highest BCUT2D eigenvalue weighted by atomic mass is 16.6. The molecule has 152 valence electrons. The molecule has 0 N–H and O–H groups in total. The lowest BCUT2D eigenvalue weighted by molar-refractivity contribution is -0.389. The summed E-state index contributed by atoms with van der Waals surface area (Å²) >= 11 is 0. The third-order valence-electron chi connectivity index (χ3n) is 5.11. The lowest BCUT2D eigenvalue weighted by Gasteiger charge is -2.33. The van der Waals surface area contributed by atoms with Gasteiger partial charge in [-0.3, -0.25) is 9.36 Å². The zero-order chi connectivity index (χ0) is 20.7. The Morgan fingerprint density at radius 1 is 1.25 bits per heavy atom. The van der Waals surface area contributed by atoms with Crippen LogP contribution < -0.4 is 0 Å². The molecule has 0 aliphatic carbocycles. The van der Waals surface area contributed by atoms with Gasteiger partial charge >= 0.3 is 5.82 Å². The van der Waals surface area contributed by atoms with Crippen LogP contribution in [0.5, 0.6) is 0 Å². The zero-order valence-electron chi connectivity index (χ0n) is 17.2. The summed E-state index contributed by atoms with van der Waals surface area (Å²) in [6, 6.07) is 7.23. The maximum Gasteiger partial charge on any atom is 0.381 e. The highest BCUT2D eigenvalue weighted by molar-refractivity contribution is 5.84. The van der Waals surface area contributed by atoms with Crippen molar-refractivity contribution in [3.05, 3.63) is 58.0 Å². The van der Waals surface area contributed by atoms with Crippen LogP contribution >= 0.6 is 0 Å². The van der Waals surface area contributed by atoms with Crippen LogP contribution in [0.4, 0.5) is 5.82 Å². The summed E-state index contributed by atoms with van der Waals surface area (Å²) < 4.78 is 1.56. The molecule has 1 unspecified atom stereocenters. The topological polar surface area (TPSA) is 81.3 Å². The Labute approximate surface area is 166 Å². The molecule has 0 radical (unpaired) electrons. The van der Waals surface area contributed by atoms with Gasteiger partial charge in [0.05, 0.1) is 0 Å². The number of likely N-dealkylation sites (tertiary alicyclic amines) is 1. The van der Waals surface area contributed by atoms with E-state index in [1.54, 1.807) is 4.57 Å². The minimum absolute atomic E-state index is 0.0338. The van der Waals surface area contributed by atoms with Crippen molar-refractivity contribution < 1.29 is 9.72 Å². The molecule has 7 heteroatoms. The number of piperidine rings is 1. The molecule has 2 aromatic rings. The Balaban J connectivity index is 0.00000136. The third-order valence-corrected chi connectivity index (χ3v) is 5.11. The molecule has 0 bridgehead atoms. The number of nitrogens with zero attached hydrogens (tertiary/aromatic N) is 4. The first-order valence-corrected chi connectivity index (χ1v) is 10.0. The van der Waals surface area contributed by atoms with Gasteiger partial charge in [-0.05, 0) is 46.2 Å². The van der Waals surface area contributed by atoms with Gasteiger partial charge in [0, 0.05) is 13.1 Å². The van der Waals surface area contributed by atoms with E-state index in [0.717, 1.165) is 37.9 Å². The molecular formula is C21H30N4O3. The predicted molar refractivity (Wildman–Crippen MR) is 109 cm³/mol. The Kier molecular flexibility index (Phi) is 7.72. The molecular weight excluding hydrogens is 356 g/mol. The SMILES string of the molecule is CC.CCc1ccc(C(C(=O)N2CCC(C)CC2)n2cnc([N+](=O)[O-])c2)cc1. The summed E-state index contributed by atoms with van der Waals surface area (Å²) in [6.45, 7) is 9.72. The quantitative estimate of drug-likeness (QED) is 0.569. The Hall–Kier alpha value is -2.70. The number of imidazole rings is 1. The largest absolute Gasteiger partial charge is 0.381 e. The number of aromatic nitrogens is 2. The molecule has 1 aliphatic rings. The molecule has 1 amide bonds. The van der Waals surface area contributed by atoms with Crippen molar-refractivity contribution in [1.82, 2.24) is 14.5 Å². The maximum absolute atomic E-state index is 13.2. The van der Waals surface area contributed by atoms with Gasteiger partial charge in [-0.15, -0.1) is 0 Å². The number of rotatable bonds is 5. The molecule has 0 saturated carbocycles. The van der Waals surface area contributed by atoms with Gasteiger partial charge in [0.25, 0.3) is 0 Å². The summed E-state index contributed by atoms with van der Waals surface area (Å²) in [7, 11) is 0. The molecule has 1 fully saturated rings. The van der Waals surface area contributed by atoms with Crippen LogP contribution in [0.2, 0.25) is 0 Å². The molecule has 2 heterocycles. The normalized spacial score (nSPS) is 15.5. The standard InChI is InChI=1S/C19H24N4O3.C2H6/c1-3-15-4-6-16(7-5-15)18(22-12-17(20-13-22)23(25)26)19(24)21-10-8-14(2)9-11-21;1-2/h4-7,12-14,18H,3,8-11H2,1-2H3;1-2H3. The highest BCUT2D eigenvalue weighted by Gasteiger charge is 2.31. The van der Waals surface area contributed by atoms with Gasteiger partial charge < -0.3 is 15.0 Å². The van der Waals surface area contributed by atoms with Crippen LogP contribution in [0.15, 0.2) is 36.8 Å². The highest BCUT2D eigenvalue weighted by Crippen LogP contribution is 2.26. The van der Waals surface area contributed by atoms with Gasteiger partial charge in [0.2, 0.25) is 12.2 Å². The smallest absolute Gasteiger partial charge is 0.358 e. The molecule has 1 aromatic heterocycles. The average molecular weight is 386 g/mol. The van der Waals surface area contributed by atoms with Crippen LogP contribution in [0.25, 0.3) is 0 Å². The minimum atomic E-state index is -0.629. The van der Waals surface area contributed by atoms with Crippen molar-refractivity contribution in [1.29, 1.82) is 0 Å². The van der Waals surface area contributed by atoms with Gasteiger partial charge in [-0.2, -0.15) is 0 Å². The van der Waals surface area contributed by atoms with Gasteiger partial charge in [-0.1, -0.05) is 52.0 Å². The first-order chi connectivity index (χ1) is 13.5. The second-order valence-corrected chi connectivity index (χ2v) is 6.94. The summed E-state index contributed by atoms with van der Waals surface area (Å²) in [5.41, 5.74) is 2.00. The molecule has 28 heavy (non-hydrogen) atoms. The fraction of sp³-hybridized carbons (Fsp3) is 0.524. The van der Waals surface area contributed by atoms with E-state index in [-0.39, 0.29) is 11.7 Å². The summed E-state index contributed by atoms with van der Waals surface area (Å²) in [5.74, 6) is 0.337. The fourth-order valence-electron chi connectivity index (χ4n) is 3.34. The van der Waals surface area contributed by atoms with E-state index in [4.69, 9.17) is 0 Å². The number of carbonyl (C=O) groups excluding carboxylic acids is 1. The Morgan fingerprint density at radius 3 is 2.36 bits per heavy atom. The van der Waals surface area contributed by atoms with Gasteiger partial charge in [0.15, 0.2) is 0 Å². The Bertz CT molecular complexity index is 777. The molecule has 0 spiro atoms. The molecule has 7 nitrogen and oxygen atoms in total. The van der Waals surface area contributed by atoms with E-state index in [9.17, 15) is 14.9 Å². The fourth-order valence-corrected chi connectivity index (χ4v) is 3.34. The maximum atomic E-state index is 13.2. The minimum Gasteiger partial charge on any atom is -0.358 e. The van der Waals surface area contributed by atoms with Crippen molar-refractivity contribution in [2.24, 2.45) is 5.92 Å². The third kappa shape index (κ3) is 4.97. The van der Waals surface area contributed by atoms with Crippen LogP contribution in [-0.4, -0.2) is 38.4 Å². The van der Waals surface area contributed by atoms with E-state index in [1.165, 1.54) is 18.1 Å². The first-order valence-electron chi connectivity index (χ1n) is 10.0. The second kappa shape index (κ2) is 10.0. The van der Waals surface area contributed by atoms with Gasteiger partial charge in [-0.25, -0.2) is 0 Å². The molecule has 1 aromatic carbocycles. The average Bonchev–Trinajstić information content (AvgIpc) is 3.21. The van der Waals surface area contributed by atoms with Crippen molar-refractivity contribution >= 4 is 11.7 Å². The van der Waals surface area contributed by atoms with E-state index in [2.05, 4.69) is 18.8 Å². The Morgan fingerprint density at radius 2 is 1.86 bits per heavy atom. The lowest BCUT2D eigenvalue weighted by atomic mass is 9.97.